The molecular weight excluding hydrogens is 453 g/mol. The lowest BCUT2D eigenvalue weighted by atomic mass is 9.95. The molecule has 1 heterocycles. The van der Waals surface area contributed by atoms with Crippen molar-refractivity contribution in [3.8, 4) is 5.75 Å². The highest BCUT2D eigenvalue weighted by molar-refractivity contribution is 5.91. The molecule has 0 aliphatic rings. The van der Waals surface area contributed by atoms with E-state index in [9.17, 15) is 23.9 Å². The number of carbonyl (C=O) groups is 2. The van der Waals surface area contributed by atoms with E-state index in [4.69, 9.17) is 4.74 Å². The molecule has 0 spiro atoms. The quantitative estimate of drug-likeness (QED) is 0.342. The number of aromatic hydroxyl groups is 1. The third kappa shape index (κ3) is 7.99. The number of ether oxygens (including phenoxy) is 1. The van der Waals surface area contributed by atoms with Crippen LogP contribution in [0.25, 0.3) is 0 Å². The zero-order valence-corrected chi connectivity index (χ0v) is 20.1. The Morgan fingerprint density at radius 2 is 2.00 bits per heavy atom. The van der Waals surface area contributed by atoms with Crippen LogP contribution >= 0.6 is 0 Å². The molecule has 186 valence electrons. The van der Waals surface area contributed by atoms with Gasteiger partial charge in [-0.05, 0) is 49.1 Å². The largest absolute Gasteiger partial charge is 0.505 e. The molecule has 0 radical (unpaired) electrons. The Morgan fingerprint density at radius 1 is 1.29 bits per heavy atom. The van der Waals surface area contributed by atoms with Gasteiger partial charge in [0.15, 0.2) is 5.69 Å². The molecule has 2 aromatic rings. The van der Waals surface area contributed by atoms with Crippen LogP contribution in [0, 0.1) is 0 Å². The van der Waals surface area contributed by atoms with Crippen molar-refractivity contribution in [3.63, 3.8) is 0 Å². The number of pyridine rings is 1. The Morgan fingerprint density at radius 3 is 2.63 bits per heavy atom. The number of aryl methyl sites for hydroxylation is 1. The van der Waals surface area contributed by atoms with Crippen LogP contribution in [-0.2, 0) is 23.0 Å². The van der Waals surface area contributed by atoms with Crippen LogP contribution in [0.5, 0.6) is 5.75 Å². The van der Waals surface area contributed by atoms with E-state index in [1.807, 2.05) is 6.07 Å². The van der Waals surface area contributed by atoms with Crippen molar-refractivity contribution in [2.45, 2.75) is 32.7 Å². The standard InChI is InChI=1S/C26H30FN3O5/c1-6-35-23(32)15-21(28-26(34)29-24-22(31)10-11-30(5)25(24)33)19-9-7-8-18(13-19)14-20(16(2)3)12-17(4)27/h7-13,21,31H,2,4,6,14-15H2,1,3,5H3,(H2,28,29,34)/b20-12-. The van der Waals surface area contributed by atoms with Crippen LogP contribution in [0.3, 0.4) is 0 Å². The van der Waals surface area contributed by atoms with Crippen molar-refractivity contribution >= 4 is 17.7 Å². The minimum Gasteiger partial charge on any atom is -0.505 e. The van der Waals surface area contributed by atoms with E-state index in [0.29, 0.717) is 23.1 Å². The number of allylic oxidation sites excluding steroid dienone is 4. The highest BCUT2D eigenvalue weighted by Gasteiger charge is 2.21. The van der Waals surface area contributed by atoms with Crippen LogP contribution < -0.4 is 16.2 Å². The summed E-state index contributed by atoms with van der Waals surface area (Å²) in [6, 6.07) is 6.76. The first-order valence-corrected chi connectivity index (χ1v) is 10.9. The molecule has 0 aliphatic heterocycles. The van der Waals surface area contributed by atoms with Crippen LogP contribution in [0.15, 0.2) is 77.5 Å². The van der Waals surface area contributed by atoms with E-state index in [1.54, 1.807) is 32.0 Å². The summed E-state index contributed by atoms with van der Waals surface area (Å²) in [5.74, 6) is -1.51. The maximum atomic E-state index is 13.4. The van der Waals surface area contributed by atoms with E-state index >= 15 is 0 Å². The average Bonchev–Trinajstić information content (AvgIpc) is 2.78. The second-order valence-corrected chi connectivity index (χ2v) is 7.97. The lowest BCUT2D eigenvalue weighted by Crippen LogP contribution is -2.36. The molecule has 3 N–H and O–H groups in total. The first-order chi connectivity index (χ1) is 16.5. The summed E-state index contributed by atoms with van der Waals surface area (Å²) in [4.78, 5) is 37.2. The molecule has 35 heavy (non-hydrogen) atoms. The molecule has 0 saturated heterocycles. The molecular formula is C26H30FN3O5. The zero-order valence-electron chi connectivity index (χ0n) is 20.1. The molecule has 0 saturated carbocycles. The summed E-state index contributed by atoms with van der Waals surface area (Å²) in [5, 5.41) is 15.0. The number of hydrogen-bond donors (Lipinski definition) is 3. The number of anilines is 1. The fourth-order valence-electron chi connectivity index (χ4n) is 3.34. The van der Waals surface area contributed by atoms with Gasteiger partial charge in [-0.2, -0.15) is 0 Å². The summed E-state index contributed by atoms with van der Waals surface area (Å²) in [6.07, 6.45) is 2.86. The van der Waals surface area contributed by atoms with E-state index < -0.39 is 29.4 Å². The summed E-state index contributed by atoms with van der Waals surface area (Å²) in [6.45, 7) is 10.7. The number of nitrogens with zero attached hydrogens (tertiary/aromatic N) is 1. The lowest BCUT2D eigenvalue weighted by Gasteiger charge is -2.20. The Bertz CT molecular complexity index is 1220. The van der Waals surface area contributed by atoms with Crippen molar-refractivity contribution in [2.75, 3.05) is 11.9 Å². The smallest absolute Gasteiger partial charge is 0.319 e. The van der Waals surface area contributed by atoms with E-state index in [0.717, 1.165) is 5.56 Å². The van der Waals surface area contributed by atoms with Gasteiger partial charge in [0, 0.05) is 13.2 Å². The number of esters is 1. The summed E-state index contributed by atoms with van der Waals surface area (Å²) >= 11 is 0. The fourth-order valence-corrected chi connectivity index (χ4v) is 3.34. The molecule has 2 amide bonds. The SMILES string of the molecule is C=C(F)/C=C(/Cc1cccc(C(CC(=O)OCC)NC(=O)Nc2c(O)ccn(C)c2=O)c1)C(=C)C. The first kappa shape index (κ1) is 27.1. The third-order valence-electron chi connectivity index (χ3n) is 5.09. The van der Waals surface area contributed by atoms with Gasteiger partial charge in [0.05, 0.1) is 19.1 Å². The maximum absolute atomic E-state index is 13.4. The second-order valence-electron chi connectivity index (χ2n) is 7.97. The number of halogens is 1. The number of nitrogens with one attached hydrogen (secondary N) is 2. The predicted molar refractivity (Wildman–Crippen MR) is 133 cm³/mol. The van der Waals surface area contributed by atoms with Gasteiger partial charge in [0.1, 0.15) is 11.6 Å². The van der Waals surface area contributed by atoms with Gasteiger partial charge in [-0.15, -0.1) is 0 Å². The number of hydrogen-bond acceptors (Lipinski definition) is 5. The number of rotatable bonds is 10. The van der Waals surface area contributed by atoms with Crippen molar-refractivity contribution in [2.24, 2.45) is 7.05 Å². The maximum Gasteiger partial charge on any atom is 0.319 e. The normalized spacial score (nSPS) is 11.9. The van der Waals surface area contributed by atoms with Crippen LogP contribution in [0.2, 0.25) is 0 Å². The molecule has 0 fully saturated rings. The van der Waals surface area contributed by atoms with E-state index in [2.05, 4.69) is 23.8 Å². The first-order valence-electron chi connectivity index (χ1n) is 10.9. The van der Waals surface area contributed by atoms with E-state index in [-0.39, 0.29) is 24.5 Å². The molecule has 0 bridgehead atoms. The average molecular weight is 484 g/mol. The summed E-state index contributed by atoms with van der Waals surface area (Å²) < 4.78 is 19.6. The Kier molecular flexibility index (Phi) is 9.57. The Hall–Kier alpha value is -4.14. The van der Waals surface area contributed by atoms with Gasteiger partial charge in [-0.1, -0.05) is 43.0 Å². The topological polar surface area (TPSA) is 110 Å². The van der Waals surface area contributed by atoms with Gasteiger partial charge < -0.3 is 25.0 Å². The van der Waals surface area contributed by atoms with Crippen LogP contribution in [0.1, 0.15) is 37.4 Å². The molecule has 1 atom stereocenters. The number of amides is 2. The second kappa shape index (κ2) is 12.4. The van der Waals surface area contributed by atoms with Gasteiger partial charge in [0.25, 0.3) is 5.56 Å². The van der Waals surface area contributed by atoms with Crippen molar-refractivity contribution in [3.05, 3.63) is 94.2 Å². The third-order valence-corrected chi connectivity index (χ3v) is 5.09. The van der Waals surface area contributed by atoms with Crippen molar-refractivity contribution in [1.82, 2.24) is 9.88 Å². The molecule has 9 heteroatoms. The van der Waals surface area contributed by atoms with Crippen molar-refractivity contribution < 1.29 is 23.8 Å². The monoisotopic (exact) mass is 483 g/mol. The summed E-state index contributed by atoms with van der Waals surface area (Å²) in [7, 11) is 1.48. The Balaban J connectivity index is 2.33. The number of aromatic nitrogens is 1. The summed E-state index contributed by atoms with van der Waals surface area (Å²) in [5.41, 5.74) is 1.83. The minimum atomic E-state index is -0.808. The number of urea groups is 1. The molecule has 1 unspecified atom stereocenters. The lowest BCUT2D eigenvalue weighted by molar-refractivity contribution is -0.143. The minimum absolute atomic E-state index is 0.172. The fraction of sp³-hybridized carbons (Fsp3) is 0.269. The molecule has 2 rings (SSSR count). The zero-order chi connectivity index (χ0) is 26.1. The van der Waals surface area contributed by atoms with Crippen LogP contribution in [0.4, 0.5) is 14.9 Å². The van der Waals surface area contributed by atoms with Gasteiger partial charge in [-0.3, -0.25) is 9.59 Å². The predicted octanol–water partition coefficient (Wildman–Crippen LogP) is 4.44. The highest BCUT2D eigenvalue weighted by Crippen LogP contribution is 2.23. The van der Waals surface area contributed by atoms with Gasteiger partial charge >= 0.3 is 12.0 Å². The van der Waals surface area contributed by atoms with Crippen LogP contribution in [-0.4, -0.2) is 28.3 Å². The number of carbonyl (C=O) groups excluding carboxylic acids is 2. The van der Waals surface area contributed by atoms with Gasteiger partial charge in [0.2, 0.25) is 0 Å². The highest BCUT2D eigenvalue weighted by atomic mass is 19.1. The van der Waals surface area contributed by atoms with Crippen molar-refractivity contribution in [1.29, 1.82) is 0 Å². The van der Waals surface area contributed by atoms with E-state index in [1.165, 1.54) is 30.0 Å². The molecule has 1 aromatic heterocycles. The molecule has 8 nitrogen and oxygen atoms in total. The van der Waals surface area contributed by atoms with Gasteiger partial charge in [-0.25, -0.2) is 9.18 Å². The molecule has 0 aliphatic carbocycles. The Labute approximate surface area is 203 Å². The molecule has 1 aromatic carbocycles. The number of benzene rings is 1.